The molecule has 5 nitrogen and oxygen atoms in total. The van der Waals surface area contributed by atoms with Gasteiger partial charge in [-0.05, 0) is 43.7 Å². The summed E-state index contributed by atoms with van der Waals surface area (Å²) in [6, 6.07) is 9.48. The quantitative estimate of drug-likeness (QED) is 0.876. The lowest BCUT2D eigenvalue weighted by molar-refractivity contribution is -0.117. The Morgan fingerprint density at radius 1 is 1.42 bits per heavy atom. The third-order valence-electron chi connectivity index (χ3n) is 3.26. The van der Waals surface area contributed by atoms with Crippen molar-refractivity contribution in [3.63, 3.8) is 0 Å². The summed E-state index contributed by atoms with van der Waals surface area (Å²) in [6.07, 6.45) is 5.57. The van der Waals surface area contributed by atoms with Crippen molar-refractivity contribution in [1.82, 2.24) is 15.1 Å². The second kappa shape index (κ2) is 5.24. The van der Waals surface area contributed by atoms with E-state index in [4.69, 9.17) is 0 Å². The Bertz CT molecular complexity index is 559. The van der Waals surface area contributed by atoms with Crippen LogP contribution in [-0.2, 0) is 4.79 Å². The number of nitrogens with one attached hydrogen (secondary N) is 2. The average molecular weight is 256 g/mol. The predicted molar refractivity (Wildman–Crippen MR) is 73.2 cm³/mol. The molecule has 1 aliphatic heterocycles. The maximum Gasteiger partial charge on any atom is 0.241 e. The summed E-state index contributed by atoms with van der Waals surface area (Å²) in [4.78, 5) is 12.0. The zero-order chi connectivity index (χ0) is 13.1. The Labute approximate surface area is 111 Å². The smallest absolute Gasteiger partial charge is 0.241 e. The topological polar surface area (TPSA) is 59.0 Å². The summed E-state index contributed by atoms with van der Waals surface area (Å²) in [7, 11) is 0. The molecular formula is C14H16N4O. The monoisotopic (exact) mass is 256 g/mol. The molecule has 0 spiro atoms. The SMILES string of the molecule is O=C(Nc1cccc(-n2cccn2)c1)C1CCCN1. The molecule has 3 rings (SSSR count). The van der Waals surface area contributed by atoms with E-state index in [1.807, 2.05) is 36.5 Å². The third-order valence-corrected chi connectivity index (χ3v) is 3.26. The zero-order valence-corrected chi connectivity index (χ0v) is 10.5. The Morgan fingerprint density at radius 3 is 3.11 bits per heavy atom. The fourth-order valence-corrected chi connectivity index (χ4v) is 2.29. The van der Waals surface area contributed by atoms with Gasteiger partial charge < -0.3 is 10.6 Å². The van der Waals surface area contributed by atoms with E-state index in [9.17, 15) is 4.79 Å². The van der Waals surface area contributed by atoms with E-state index in [0.717, 1.165) is 30.8 Å². The van der Waals surface area contributed by atoms with Crippen LogP contribution in [0.4, 0.5) is 5.69 Å². The van der Waals surface area contributed by atoms with Gasteiger partial charge in [0.15, 0.2) is 0 Å². The molecule has 1 fully saturated rings. The van der Waals surface area contributed by atoms with E-state index < -0.39 is 0 Å². The first-order valence-electron chi connectivity index (χ1n) is 6.47. The highest BCUT2D eigenvalue weighted by molar-refractivity contribution is 5.95. The van der Waals surface area contributed by atoms with E-state index in [0.29, 0.717) is 0 Å². The van der Waals surface area contributed by atoms with Gasteiger partial charge in [-0.25, -0.2) is 4.68 Å². The number of benzene rings is 1. The highest BCUT2D eigenvalue weighted by Crippen LogP contribution is 2.15. The van der Waals surface area contributed by atoms with Crippen molar-refractivity contribution in [3.05, 3.63) is 42.7 Å². The highest BCUT2D eigenvalue weighted by Gasteiger charge is 2.21. The summed E-state index contributed by atoms with van der Waals surface area (Å²) in [5.41, 5.74) is 1.73. The third kappa shape index (κ3) is 2.66. The zero-order valence-electron chi connectivity index (χ0n) is 10.5. The van der Waals surface area contributed by atoms with Crippen LogP contribution in [-0.4, -0.2) is 28.3 Å². The number of carbonyl (C=O) groups excluding carboxylic acids is 1. The van der Waals surface area contributed by atoms with Crippen LogP contribution >= 0.6 is 0 Å². The number of anilines is 1. The first-order chi connectivity index (χ1) is 9.33. The molecule has 2 heterocycles. The van der Waals surface area contributed by atoms with Crippen LogP contribution in [0.15, 0.2) is 42.7 Å². The lowest BCUT2D eigenvalue weighted by Gasteiger charge is -2.12. The van der Waals surface area contributed by atoms with Crippen molar-refractivity contribution in [2.75, 3.05) is 11.9 Å². The molecule has 1 atom stereocenters. The number of hydrogen-bond donors (Lipinski definition) is 2. The van der Waals surface area contributed by atoms with Crippen LogP contribution in [0.2, 0.25) is 0 Å². The molecule has 0 bridgehead atoms. The van der Waals surface area contributed by atoms with Gasteiger partial charge in [0.05, 0.1) is 11.7 Å². The van der Waals surface area contributed by atoms with Crippen molar-refractivity contribution >= 4 is 11.6 Å². The van der Waals surface area contributed by atoms with Gasteiger partial charge in [-0.3, -0.25) is 4.79 Å². The molecule has 1 aromatic heterocycles. The normalized spacial score (nSPS) is 18.4. The molecular weight excluding hydrogens is 240 g/mol. The Morgan fingerprint density at radius 2 is 2.37 bits per heavy atom. The van der Waals surface area contributed by atoms with E-state index in [-0.39, 0.29) is 11.9 Å². The summed E-state index contributed by atoms with van der Waals surface area (Å²) in [6.45, 7) is 0.922. The average Bonchev–Trinajstić information content (AvgIpc) is 3.13. The Kier molecular flexibility index (Phi) is 3.29. The second-order valence-corrected chi connectivity index (χ2v) is 4.64. The van der Waals surface area contributed by atoms with Gasteiger partial charge in [0.25, 0.3) is 0 Å². The standard InChI is InChI=1S/C14H16N4O/c19-14(13-6-2-7-15-13)17-11-4-1-5-12(10-11)18-9-3-8-16-18/h1,3-5,8-10,13,15H,2,6-7H2,(H,17,19). The van der Waals surface area contributed by atoms with Gasteiger partial charge in [0.2, 0.25) is 5.91 Å². The first kappa shape index (κ1) is 11.9. The van der Waals surface area contributed by atoms with E-state index in [1.54, 1.807) is 10.9 Å². The maximum absolute atomic E-state index is 12.0. The summed E-state index contributed by atoms with van der Waals surface area (Å²) in [5, 5.41) is 10.3. The number of carbonyl (C=O) groups is 1. The van der Waals surface area contributed by atoms with Crippen LogP contribution in [0.25, 0.3) is 5.69 Å². The lowest BCUT2D eigenvalue weighted by Crippen LogP contribution is -2.35. The summed E-state index contributed by atoms with van der Waals surface area (Å²) >= 11 is 0. The van der Waals surface area contributed by atoms with Crippen molar-refractivity contribution < 1.29 is 4.79 Å². The molecule has 19 heavy (non-hydrogen) atoms. The molecule has 2 N–H and O–H groups in total. The molecule has 0 saturated carbocycles. The van der Waals surface area contributed by atoms with Gasteiger partial charge in [-0.2, -0.15) is 5.10 Å². The Hall–Kier alpha value is -2.14. The maximum atomic E-state index is 12.0. The van der Waals surface area contributed by atoms with Crippen molar-refractivity contribution in [2.24, 2.45) is 0 Å². The Balaban J connectivity index is 1.74. The van der Waals surface area contributed by atoms with Crippen LogP contribution < -0.4 is 10.6 Å². The van der Waals surface area contributed by atoms with Gasteiger partial charge in [-0.1, -0.05) is 6.07 Å². The first-order valence-corrected chi connectivity index (χ1v) is 6.47. The molecule has 1 saturated heterocycles. The molecule has 0 radical (unpaired) electrons. The molecule has 1 aliphatic rings. The molecule has 0 aliphatic carbocycles. The van der Waals surface area contributed by atoms with Crippen LogP contribution in [0, 0.1) is 0 Å². The predicted octanol–water partition coefficient (Wildman–Crippen LogP) is 1.56. The molecule has 2 aromatic rings. The minimum absolute atomic E-state index is 0.0371. The fraction of sp³-hybridized carbons (Fsp3) is 0.286. The number of hydrogen-bond acceptors (Lipinski definition) is 3. The van der Waals surface area contributed by atoms with Crippen LogP contribution in [0.3, 0.4) is 0 Å². The van der Waals surface area contributed by atoms with E-state index >= 15 is 0 Å². The number of aromatic nitrogens is 2. The largest absolute Gasteiger partial charge is 0.325 e. The van der Waals surface area contributed by atoms with E-state index in [1.165, 1.54) is 0 Å². The lowest BCUT2D eigenvalue weighted by atomic mass is 10.2. The van der Waals surface area contributed by atoms with Gasteiger partial charge in [-0.15, -0.1) is 0 Å². The molecule has 1 aromatic carbocycles. The van der Waals surface area contributed by atoms with E-state index in [2.05, 4.69) is 15.7 Å². The van der Waals surface area contributed by atoms with Crippen molar-refractivity contribution in [1.29, 1.82) is 0 Å². The van der Waals surface area contributed by atoms with Gasteiger partial charge in [0, 0.05) is 18.1 Å². The minimum atomic E-state index is -0.0617. The van der Waals surface area contributed by atoms with Crippen molar-refractivity contribution in [2.45, 2.75) is 18.9 Å². The number of nitrogens with zero attached hydrogens (tertiary/aromatic N) is 2. The van der Waals surface area contributed by atoms with Crippen molar-refractivity contribution in [3.8, 4) is 5.69 Å². The molecule has 5 heteroatoms. The highest BCUT2D eigenvalue weighted by atomic mass is 16.2. The summed E-state index contributed by atoms with van der Waals surface area (Å²) in [5.74, 6) is 0.0371. The van der Waals surface area contributed by atoms with Crippen LogP contribution in [0.5, 0.6) is 0 Å². The minimum Gasteiger partial charge on any atom is -0.325 e. The van der Waals surface area contributed by atoms with Gasteiger partial charge >= 0.3 is 0 Å². The fourth-order valence-electron chi connectivity index (χ4n) is 2.29. The molecule has 1 amide bonds. The van der Waals surface area contributed by atoms with Crippen LogP contribution in [0.1, 0.15) is 12.8 Å². The number of rotatable bonds is 3. The number of amides is 1. The summed E-state index contributed by atoms with van der Waals surface area (Å²) < 4.78 is 1.77. The molecule has 98 valence electrons. The van der Waals surface area contributed by atoms with Gasteiger partial charge in [0.1, 0.15) is 0 Å². The second-order valence-electron chi connectivity index (χ2n) is 4.64. The molecule has 1 unspecified atom stereocenters.